The lowest BCUT2D eigenvalue weighted by Crippen LogP contribution is -2.49. The summed E-state index contributed by atoms with van der Waals surface area (Å²) in [6.07, 6.45) is 4.85. The molecule has 1 aliphatic heterocycles. The third-order valence-electron chi connectivity index (χ3n) is 5.44. The van der Waals surface area contributed by atoms with E-state index in [1.54, 1.807) is 0 Å². The Balaban J connectivity index is 1.55. The lowest BCUT2D eigenvalue weighted by atomic mass is 9.98. The van der Waals surface area contributed by atoms with E-state index in [1.807, 2.05) is 24.1 Å². The Hall–Kier alpha value is -1.62. The zero-order chi connectivity index (χ0) is 16.4. The van der Waals surface area contributed by atoms with Gasteiger partial charge in [0.1, 0.15) is 5.82 Å². The Morgan fingerprint density at radius 2 is 1.83 bits per heavy atom. The number of hydrogen-bond acceptors (Lipinski definition) is 3. The third kappa shape index (κ3) is 3.50. The molecule has 23 heavy (non-hydrogen) atoms. The normalized spacial score (nSPS) is 25.6. The number of amides is 1. The van der Waals surface area contributed by atoms with E-state index in [4.69, 9.17) is 5.73 Å². The van der Waals surface area contributed by atoms with Crippen LogP contribution in [0.15, 0.2) is 24.3 Å². The van der Waals surface area contributed by atoms with Gasteiger partial charge in [0.15, 0.2) is 0 Å². The van der Waals surface area contributed by atoms with Gasteiger partial charge in [-0.05, 0) is 49.9 Å². The predicted octanol–water partition coefficient (Wildman–Crippen LogP) is 2.38. The molecule has 4 nitrogen and oxygen atoms in total. The first kappa shape index (κ1) is 16.2. The number of rotatable bonds is 3. The van der Waals surface area contributed by atoms with Crippen molar-refractivity contribution >= 4 is 11.6 Å². The highest BCUT2D eigenvalue weighted by Crippen LogP contribution is 2.28. The van der Waals surface area contributed by atoms with Crippen LogP contribution in [0, 0.1) is 11.7 Å². The van der Waals surface area contributed by atoms with Gasteiger partial charge in [-0.1, -0.05) is 6.42 Å². The number of carbonyl (C=O) groups is 1. The SMILES string of the molecule is CN(C(=O)[C@@H]1CCC[C@H]1N)C1CCN(c2ccc(F)cc2)CC1. The molecule has 0 unspecified atom stereocenters. The molecule has 0 spiro atoms. The number of halogens is 1. The van der Waals surface area contributed by atoms with Crippen LogP contribution in [0.5, 0.6) is 0 Å². The zero-order valence-electron chi connectivity index (χ0n) is 13.7. The van der Waals surface area contributed by atoms with Crippen molar-refractivity contribution in [1.29, 1.82) is 0 Å². The van der Waals surface area contributed by atoms with Gasteiger partial charge < -0.3 is 15.5 Å². The average Bonchev–Trinajstić information content (AvgIpc) is 3.00. The molecule has 1 saturated carbocycles. The number of anilines is 1. The van der Waals surface area contributed by atoms with E-state index in [9.17, 15) is 9.18 Å². The minimum Gasteiger partial charge on any atom is -0.371 e. The average molecular weight is 319 g/mol. The predicted molar refractivity (Wildman–Crippen MR) is 89.7 cm³/mol. The highest BCUT2D eigenvalue weighted by atomic mass is 19.1. The van der Waals surface area contributed by atoms with Crippen molar-refractivity contribution < 1.29 is 9.18 Å². The molecule has 2 atom stereocenters. The van der Waals surface area contributed by atoms with Crippen molar-refractivity contribution in [3.05, 3.63) is 30.1 Å². The second-order valence-corrected chi connectivity index (χ2v) is 6.85. The van der Waals surface area contributed by atoms with Crippen molar-refractivity contribution in [2.75, 3.05) is 25.0 Å². The fourth-order valence-corrected chi connectivity index (χ4v) is 3.90. The van der Waals surface area contributed by atoms with Crippen molar-refractivity contribution in [3.8, 4) is 0 Å². The van der Waals surface area contributed by atoms with E-state index in [1.165, 1.54) is 12.1 Å². The standard InChI is InChI=1S/C18H26FN3O/c1-21(18(23)16-3-2-4-17(16)20)14-9-11-22(12-10-14)15-7-5-13(19)6-8-15/h5-8,14,16-17H,2-4,9-12,20H2,1H3/t16-,17-/m1/s1. The number of piperidine rings is 1. The Labute approximate surface area is 137 Å². The van der Waals surface area contributed by atoms with Crippen molar-refractivity contribution in [2.24, 2.45) is 11.7 Å². The van der Waals surface area contributed by atoms with E-state index in [0.717, 1.165) is 50.9 Å². The molecule has 0 bridgehead atoms. The summed E-state index contributed by atoms with van der Waals surface area (Å²) in [5.41, 5.74) is 7.12. The summed E-state index contributed by atoms with van der Waals surface area (Å²) < 4.78 is 13.0. The van der Waals surface area contributed by atoms with Gasteiger partial charge in [-0.2, -0.15) is 0 Å². The van der Waals surface area contributed by atoms with E-state index in [2.05, 4.69) is 4.90 Å². The summed E-state index contributed by atoms with van der Waals surface area (Å²) in [6.45, 7) is 1.79. The summed E-state index contributed by atoms with van der Waals surface area (Å²) in [5.74, 6) is 0.0206. The molecule has 2 N–H and O–H groups in total. The first-order valence-electron chi connectivity index (χ1n) is 8.59. The van der Waals surface area contributed by atoms with Gasteiger partial charge in [0.25, 0.3) is 0 Å². The third-order valence-corrected chi connectivity index (χ3v) is 5.44. The molecular weight excluding hydrogens is 293 g/mol. The van der Waals surface area contributed by atoms with E-state index in [0.29, 0.717) is 0 Å². The maximum Gasteiger partial charge on any atom is 0.227 e. The van der Waals surface area contributed by atoms with E-state index in [-0.39, 0.29) is 29.7 Å². The lowest BCUT2D eigenvalue weighted by Gasteiger charge is -2.39. The smallest absolute Gasteiger partial charge is 0.227 e. The Morgan fingerprint density at radius 1 is 1.17 bits per heavy atom. The number of nitrogens with zero attached hydrogens (tertiary/aromatic N) is 2. The Bertz CT molecular complexity index is 540. The second-order valence-electron chi connectivity index (χ2n) is 6.85. The van der Waals surface area contributed by atoms with Gasteiger partial charge in [0, 0.05) is 37.9 Å². The van der Waals surface area contributed by atoms with Crippen LogP contribution < -0.4 is 10.6 Å². The van der Waals surface area contributed by atoms with Crippen LogP contribution in [0.3, 0.4) is 0 Å². The van der Waals surface area contributed by atoms with Gasteiger partial charge in [-0.3, -0.25) is 4.79 Å². The minimum atomic E-state index is -0.207. The van der Waals surface area contributed by atoms with Crippen LogP contribution in [0.1, 0.15) is 32.1 Å². The van der Waals surface area contributed by atoms with Crippen molar-refractivity contribution in [2.45, 2.75) is 44.2 Å². The summed E-state index contributed by atoms with van der Waals surface area (Å²) in [5, 5.41) is 0. The lowest BCUT2D eigenvalue weighted by molar-refractivity contribution is -0.136. The van der Waals surface area contributed by atoms with Gasteiger partial charge in [-0.25, -0.2) is 4.39 Å². The largest absolute Gasteiger partial charge is 0.371 e. The summed E-state index contributed by atoms with van der Waals surface area (Å²) in [7, 11) is 1.92. The first-order valence-corrected chi connectivity index (χ1v) is 8.59. The summed E-state index contributed by atoms with van der Waals surface area (Å²) >= 11 is 0. The number of carbonyl (C=O) groups excluding carboxylic acids is 1. The number of nitrogens with two attached hydrogens (primary N) is 1. The monoisotopic (exact) mass is 319 g/mol. The fraction of sp³-hybridized carbons (Fsp3) is 0.611. The molecule has 1 saturated heterocycles. The number of hydrogen-bond donors (Lipinski definition) is 1. The Kier molecular flexibility index (Phi) is 4.85. The zero-order valence-corrected chi connectivity index (χ0v) is 13.7. The van der Waals surface area contributed by atoms with Gasteiger partial charge >= 0.3 is 0 Å². The van der Waals surface area contributed by atoms with Crippen LogP contribution >= 0.6 is 0 Å². The molecule has 0 radical (unpaired) electrons. The topological polar surface area (TPSA) is 49.6 Å². The van der Waals surface area contributed by atoms with Crippen molar-refractivity contribution in [1.82, 2.24) is 4.90 Å². The molecule has 1 aliphatic carbocycles. The molecule has 126 valence electrons. The van der Waals surface area contributed by atoms with Gasteiger partial charge in [0.2, 0.25) is 5.91 Å². The van der Waals surface area contributed by atoms with Crippen LogP contribution in [0.4, 0.5) is 10.1 Å². The first-order chi connectivity index (χ1) is 11.1. The summed E-state index contributed by atoms with van der Waals surface area (Å²) in [4.78, 5) is 16.8. The maximum absolute atomic E-state index is 13.0. The molecule has 0 aromatic heterocycles. The quantitative estimate of drug-likeness (QED) is 0.930. The highest BCUT2D eigenvalue weighted by Gasteiger charge is 2.35. The highest BCUT2D eigenvalue weighted by molar-refractivity contribution is 5.80. The molecule has 1 heterocycles. The molecule has 2 fully saturated rings. The minimum absolute atomic E-state index is 0.00938. The number of benzene rings is 1. The van der Waals surface area contributed by atoms with Crippen molar-refractivity contribution in [3.63, 3.8) is 0 Å². The fourth-order valence-electron chi connectivity index (χ4n) is 3.90. The molecule has 5 heteroatoms. The summed E-state index contributed by atoms with van der Waals surface area (Å²) in [6, 6.07) is 6.96. The molecule has 1 amide bonds. The Morgan fingerprint density at radius 3 is 2.39 bits per heavy atom. The van der Waals surface area contributed by atoms with E-state index >= 15 is 0 Å². The molecule has 1 aromatic rings. The van der Waals surface area contributed by atoms with E-state index < -0.39 is 0 Å². The van der Waals surface area contributed by atoms with Crippen LogP contribution in [-0.2, 0) is 4.79 Å². The molecule has 3 rings (SSSR count). The van der Waals surface area contributed by atoms with Gasteiger partial charge in [-0.15, -0.1) is 0 Å². The second kappa shape index (κ2) is 6.87. The van der Waals surface area contributed by atoms with Gasteiger partial charge in [0.05, 0.1) is 5.92 Å². The van der Waals surface area contributed by atoms with Crippen LogP contribution in [0.25, 0.3) is 0 Å². The van der Waals surface area contributed by atoms with Crippen LogP contribution in [0.2, 0.25) is 0 Å². The maximum atomic E-state index is 13.0. The van der Waals surface area contributed by atoms with Crippen LogP contribution in [-0.4, -0.2) is 43.0 Å². The molecule has 1 aromatic carbocycles. The molecule has 2 aliphatic rings. The molecular formula is C18H26FN3O.